The van der Waals surface area contributed by atoms with Crippen LogP contribution in [0.3, 0.4) is 0 Å². The Morgan fingerprint density at radius 2 is 2.10 bits per heavy atom. The van der Waals surface area contributed by atoms with Crippen molar-refractivity contribution in [3.8, 4) is 0 Å². The van der Waals surface area contributed by atoms with Crippen LogP contribution in [-0.4, -0.2) is 27.0 Å². The molecule has 0 aliphatic carbocycles. The van der Waals surface area contributed by atoms with E-state index < -0.39 is 5.25 Å². The monoisotopic (exact) mass is 445 g/mol. The van der Waals surface area contributed by atoms with Crippen LogP contribution in [-0.2, 0) is 11.3 Å². The minimum atomic E-state index is -0.468. The van der Waals surface area contributed by atoms with Crippen LogP contribution in [0.15, 0.2) is 70.0 Å². The van der Waals surface area contributed by atoms with E-state index in [0.29, 0.717) is 27.6 Å². The number of fused-ring (bicyclic) bond motifs is 1. The highest BCUT2D eigenvalue weighted by Crippen LogP contribution is 2.28. The molecule has 29 heavy (non-hydrogen) atoms. The number of rotatable bonds is 7. The molecular formula is C21H20ClN3O2S2. The van der Waals surface area contributed by atoms with Crippen molar-refractivity contribution in [1.29, 1.82) is 0 Å². The number of thioether (sulfide) groups is 2. The summed E-state index contributed by atoms with van der Waals surface area (Å²) in [7, 11) is 0. The topological polar surface area (TPSA) is 64.0 Å². The fraction of sp³-hybridized carbons (Fsp3) is 0.190. The van der Waals surface area contributed by atoms with Crippen LogP contribution in [0.4, 0.5) is 5.69 Å². The highest BCUT2D eigenvalue weighted by atomic mass is 35.5. The van der Waals surface area contributed by atoms with Gasteiger partial charge in [-0.15, -0.1) is 18.3 Å². The van der Waals surface area contributed by atoms with E-state index in [1.807, 2.05) is 30.5 Å². The zero-order chi connectivity index (χ0) is 21.0. The zero-order valence-electron chi connectivity index (χ0n) is 16.0. The maximum Gasteiger partial charge on any atom is 0.262 e. The van der Waals surface area contributed by atoms with Gasteiger partial charge < -0.3 is 5.32 Å². The van der Waals surface area contributed by atoms with E-state index >= 15 is 0 Å². The summed E-state index contributed by atoms with van der Waals surface area (Å²) >= 11 is 8.85. The summed E-state index contributed by atoms with van der Waals surface area (Å²) in [5.74, 6) is -0.165. The van der Waals surface area contributed by atoms with Gasteiger partial charge in [-0.1, -0.05) is 41.6 Å². The van der Waals surface area contributed by atoms with Crippen molar-refractivity contribution in [2.24, 2.45) is 0 Å². The van der Waals surface area contributed by atoms with Gasteiger partial charge in [0.2, 0.25) is 5.91 Å². The first-order valence-corrected chi connectivity index (χ1v) is 11.3. The Morgan fingerprint density at radius 3 is 2.83 bits per heavy atom. The molecule has 1 amide bonds. The Kier molecular flexibility index (Phi) is 7.05. The average Bonchev–Trinajstić information content (AvgIpc) is 2.71. The van der Waals surface area contributed by atoms with Crippen LogP contribution in [0.1, 0.15) is 6.92 Å². The first-order valence-electron chi connectivity index (χ1n) is 8.86. The lowest BCUT2D eigenvalue weighted by Crippen LogP contribution is -2.27. The number of nitrogens with zero attached hydrogens (tertiary/aromatic N) is 2. The fourth-order valence-electron chi connectivity index (χ4n) is 2.75. The van der Waals surface area contributed by atoms with Crippen LogP contribution in [0.2, 0.25) is 5.02 Å². The number of carbonyl (C=O) groups excluding carboxylic acids is 1. The quantitative estimate of drug-likeness (QED) is 0.312. The molecule has 0 saturated carbocycles. The van der Waals surface area contributed by atoms with E-state index in [9.17, 15) is 9.59 Å². The van der Waals surface area contributed by atoms with Crippen molar-refractivity contribution in [1.82, 2.24) is 9.55 Å². The standard InChI is InChI=1S/C21H20ClN3O2S2/c1-4-11-25-20(27)15-10-9-14(22)12-17(15)24-21(25)29-13(2)19(26)23-16-7-5-6-8-18(16)28-3/h4-10,12-13H,1,11H2,2-3H3,(H,23,26). The normalized spacial score (nSPS) is 12.0. The molecule has 3 aromatic rings. The molecule has 150 valence electrons. The smallest absolute Gasteiger partial charge is 0.262 e. The lowest BCUT2D eigenvalue weighted by molar-refractivity contribution is -0.115. The fourth-order valence-corrected chi connectivity index (χ4v) is 4.39. The number of para-hydroxylation sites is 1. The summed E-state index contributed by atoms with van der Waals surface area (Å²) in [6.45, 7) is 5.81. The summed E-state index contributed by atoms with van der Waals surface area (Å²) in [5, 5.41) is 3.92. The van der Waals surface area contributed by atoms with Gasteiger partial charge in [0, 0.05) is 16.5 Å². The molecule has 1 N–H and O–H groups in total. The third-order valence-corrected chi connectivity index (χ3v) is 6.33. The van der Waals surface area contributed by atoms with Crippen LogP contribution in [0, 0.1) is 0 Å². The Bertz CT molecular complexity index is 1130. The molecule has 0 saturated heterocycles. The Morgan fingerprint density at radius 1 is 1.34 bits per heavy atom. The van der Waals surface area contributed by atoms with Gasteiger partial charge in [0.15, 0.2) is 5.16 Å². The summed E-state index contributed by atoms with van der Waals surface area (Å²) in [5.41, 5.74) is 1.08. The van der Waals surface area contributed by atoms with Crippen molar-refractivity contribution < 1.29 is 4.79 Å². The third-order valence-electron chi connectivity index (χ3n) is 4.21. The molecule has 5 nitrogen and oxygen atoms in total. The summed E-state index contributed by atoms with van der Waals surface area (Å²) in [6, 6.07) is 12.6. The number of nitrogens with one attached hydrogen (secondary N) is 1. The minimum Gasteiger partial charge on any atom is -0.324 e. The second-order valence-corrected chi connectivity index (χ2v) is 8.80. The van der Waals surface area contributed by atoms with Crippen LogP contribution in [0.25, 0.3) is 10.9 Å². The molecule has 0 aliphatic heterocycles. The molecular weight excluding hydrogens is 426 g/mol. The predicted octanol–water partition coefficient (Wildman–Crippen LogP) is 5.08. The van der Waals surface area contributed by atoms with Gasteiger partial charge >= 0.3 is 0 Å². The molecule has 1 atom stereocenters. The number of carbonyl (C=O) groups is 1. The van der Waals surface area contributed by atoms with Crippen molar-refractivity contribution >= 4 is 57.6 Å². The molecule has 8 heteroatoms. The van der Waals surface area contributed by atoms with Crippen LogP contribution < -0.4 is 10.9 Å². The number of anilines is 1. The number of aromatic nitrogens is 2. The second-order valence-electron chi connectivity index (χ2n) is 6.21. The molecule has 1 unspecified atom stereocenters. The second kappa shape index (κ2) is 9.52. The lowest BCUT2D eigenvalue weighted by atomic mass is 10.2. The van der Waals surface area contributed by atoms with E-state index in [2.05, 4.69) is 16.9 Å². The maximum absolute atomic E-state index is 12.9. The van der Waals surface area contributed by atoms with E-state index in [4.69, 9.17) is 11.6 Å². The predicted molar refractivity (Wildman–Crippen MR) is 123 cm³/mol. The van der Waals surface area contributed by atoms with Crippen LogP contribution in [0.5, 0.6) is 0 Å². The number of halogens is 1. The average molecular weight is 446 g/mol. The number of hydrogen-bond acceptors (Lipinski definition) is 5. The van der Waals surface area contributed by atoms with E-state index in [0.717, 1.165) is 10.6 Å². The van der Waals surface area contributed by atoms with E-state index in [-0.39, 0.29) is 11.5 Å². The van der Waals surface area contributed by atoms with Crippen molar-refractivity contribution in [2.75, 3.05) is 11.6 Å². The molecule has 0 fully saturated rings. The first kappa shape index (κ1) is 21.5. The number of amides is 1. The van der Waals surface area contributed by atoms with Gasteiger partial charge in [-0.2, -0.15) is 0 Å². The first-order chi connectivity index (χ1) is 13.9. The zero-order valence-corrected chi connectivity index (χ0v) is 18.4. The maximum atomic E-state index is 12.9. The van der Waals surface area contributed by atoms with Gasteiger partial charge in [0.25, 0.3) is 5.56 Å². The summed E-state index contributed by atoms with van der Waals surface area (Å²) in [4.78, 5) is 31.2. The molecule has 0 aliphatic rings. The van der Waals surface area contributed by atoms with Gasteiger partial charge in [0.1, 0.15) is 0 Å². The summed E-state index contributed by atoms with van der Waals surface area (Å²) in [6.07, 6.45) is 3.59. The molecule has 3 rings (SSSR count). The molecule has 0 radical (unpaired) electrons. The van der Waals surface area contributed by atoms with Gasteiger partial charge in [-0.3, -0.25) is 14.2 Å². The minimum absolute atomic E-state index is 0.165. The number of allylic oxidation sites excluding steroid dienone is 1. The molecule has 2 aromatic carbocycles. The number of benzene rings is 2. The van der Waals surface area contributed by atoms with Gasteiger partial charge in [0.05, 0.1) is 21.8 Å². The number of hydrogen-bond donors (Lipinski definition) is 1. The lowest BCUT2D eigenvalue weighted by Gasteiger charge is -2.16. The molecule has 0 spiro atoms. The van der Waals surface area contributed by atoms with Gasteiger partial charge in [-0.25, -0.2) is 4.98 Å². The van der Waals surface area contributed by atoms with Crippen LogP contribution >= 0.6 is 35.1 Å². The van der Waals surface area contributed by atoms with Crippen molar-refractivity contribution in [3.05, 3.63) is 70.5 Å². The SMILES string of the molecule is C=CCn1c(SC(C)C(=O)Nc2ccccc2SC)nc2cc(Cl)ccc2c1=O. The van der Waals surface area contributed by atoms with E-state index in [1.54, 1.807) is 43.0 Å². The Labute approximate surface area is 182 Å². The Hall–Kier alpha value is -2.22. The largest absolute Gasteiger partial charge is 0.324 e. The third kappa shape index (κ3) is 4.86. The molecule has 0 bridgehead atoms. The highest BCUT2D eigenvalue weighted by Gasteiger charge is 2.20. The Balaban J connectivity index is 1.91. The summed E-state index contributed by atoms with van der Waals surface area (Å²) < 4.78 is 1.52. The van der Waals surface area contributed by atoms with Gasteiger partial charge in [-0.05, 0) is 43.5 Å². The highest BCUT2D eigenvalue weighted by molar-refractivity contribution is 8.00. The van der Waals surface area contributed by atoms with Crippen molar-refractivity contribution in [3.63, 3.8) is 0 Å². The molecule has 1 aromatic heterocycles. The van der Waals surface area contributed by atoms with Crippen molar-refractivity contribution in [2.45, 2.75) is 28.8 Å². The van der Waals surface area contributed by atoms with E-state index in [1.165, 1.54) is 16.3 Å². The molecule has 1 heterocycles.